The Morgan fingerprint density at radius 3 is 2.50 bits per heavy atom. The first-order valence-corrected chi connectivity index (χ1v) is 9.04. The number of nitrogens with zero attached hydrogens (tertiary/aromatic N) is 1. The second-order valence-corrected chi connectivity index (χ2v) is 7.21. The zero-order chi connectivity index (χ0) is 18.1. The second-order valence-electron chi connectivity index (χ2n) is 5.54. The van der Waals surface area contributed by atoms with E-state index < -0.39 is 5.82 Å². The molecule has 0 bridgehead atoms. The fourth-order valence-electron chi connectivity index (χ4n) is 2.63. The van der Waals surface area contributed by atoms with Crippen LogP contribution >= 0.6 is 24.0 Å². The van der Waals surface area contributed by atoms with Crippen molar-refractivity contribution in [2.75, 3.05) is 4.90 Å². The molecule has 1 aliphatic rings. The highest BCUT2D eigenvalue weighted by Gasteiger charge is 2.34. The summed E-state index contributed by atoms with van der Waals surface area (Å²) in [6.45, 7) is 0. The van der Waals surface area contributed by atoms with E-state index >= 15 is 0 Å². The summed E-state index contributed by atoms with van der Waals surface area (Å²) in [7, 11) is 0. The van der Waals surface area contributed by atoms with Gasteiger partial charge in [-0.3, -0.25) is 9.69 Å². The van der Waals surface area contributed by atoms with Gasteiger partial charge >= 0.3 is 0 Å². The molecule has 2 aromatic carbocycles. The summed E-state index contributed by atoms with van der Waals surface area (Å²) in [6, 6.07) is 19.4. The number of rotatable bonds is 3. The van der Waals surface area contributed by atoms with Crippen LogP contribution in [0.2, 0.25) is 0 Å². The minimum absolute atomic E-state index is 0.155. The van der Waals surface area contributed by atoms with Gasteiger partial charge in [0.2, 0.25) is 0 Å². The molecule has 3 aromatic rings. The monoisotopic (exact) mass is 381 g/mol. The van der Waals surface area contributed by atoms with Gasteiger partial charge in [-0.05, 0) is 24.3 Å². The molecule has 1 aromatic heterocycles. The first-order chi connectivity index (χ1) is 12.6. The van der Waals surface area contributed by atoms with Crippen molar-refractivity contribution in [3.05, 3.63) is 83.2 Å². The summed E-state index contributed by atoms with van der Waals surface area (Å²) in [5.41, 5.74) is 1.11. The minimum atomic E-state index is -0.491. The highest BCUT2D eigenvalue weighted by molar-refractivity contribution is 8.27. The third kappa shape index (κ3) is 3.09. The van der Waals surface area contributed by atoms with Crippen LogP contribution in [0, 0.1) is 5.82 Å². The normalized spacial score (nSPS) is 15.9. The lowest BCUT2D eigenvalue weighted by Gasteiger charge is -2.14. The van der Waals surface area contributed by atoms with E-state index in [1.807, 2.05) is 36.4 Å². The number of furan rings is 1. The molecule has 0 atom stereocenters. The van der Waals surface area contributed by atoms with E-state index in [2.05, 4.69) is 0 Å². The Labute approximate surface area is 159 Å². The lowest BCUT2D eigenvalue weighted by atomic mass is 10.2. The predicted molar refractivity (Wildman–Crippen MR) is 106 cm³/mol. The molecule has 1 fully saturated rings. The molecule has 2 heterocycles. The smallest absolute Gasteiger partial charge is 0.270 e. The number of anilines is 1. The number of benzene rings is 2. The molecule has 0 N–H and O–H groups in total. The maximum absolute atomic E-state index is 14.0. The van der Waals surface area contributed by atoms with Gasteiger partial charge in [0, 0.05) is 11.6 Å². The van der Waals surface area contributed by atoms with Crippen LogP contribution in [0.5, 0.6) is 0 Å². The highest BCUT2D eigenvalue weighted by Crippen LogP contribution is 2.37. The first-order valence-electron chi connectivity index (χ1n) is 7.81. The van der Waals surface area contributed by atoms with E-state index in [1.54, 1.807) is 24.3 Å². The average molecular weight is 381 g/mol. The number of thiocarbonyl (C=S) groups is 1. The van der Waals surface area contributed by atoms with Gasteiger partial charge in [-0.15, -0.1) is 0 Å². The Morgan fingerprint density at radius 2 is 1.73 bits per heavy atom. The lowest BCUT2D eigenvalue weighted by Crippen LogP contribution is -2.28. The van der Waals surface area contributed by atoms with Crippen LogP contribution in [-0.2, 0) is 4.79 Å². The molecule has 0 spiro atoms. The molecule has 1 saturated heterocycles. The zero-order valence-electron chi connectivity index (χ0n) is 13.4. The van der Waals surface area contributed by atoms with E-state index in [4.69, 9.17) is 16.6 Å². The summed E-state index contributed by atoms with van der Waals surface area (Å²) >= 11 is 6.39. The Morgan fingerprint density at radius 1 is 1.00 bits per heavy atom. The Balaban J connectivity index is 1.63. The van der Waals surface area contributed by atoms with Crippen molar-refractivity contribution < 1.29 is 13.6 Å². The average Bonchev–Trinajstić information content (AvgIpc) is 3.22. The van der Waals surface area contributed by atoms with Crippen LogP contribution in [0.3, 0.4) is 0 Å². The Hall–Kier alpha value is -2.70. The summed E-state index contributed by atoms with van der Waals surface area (Å²) in [6.07, 6.45) is 1.63. The van der Waals surface area contributed by atoms with Gasteiger partial charge in [0.25, 0.3) is 5.91 Å². The van der Waals surface area contributed by atoms with Crippen LogP contribution in [0.15, 0.2) is 76.1 Å². The molecule has 0 radical (unpaired) electrons. The van der Waals surface area contributed by atoms with Crippen molar-refractivity contribution in [2.24, 2.45) is 0 Å². The fraction of sp³-hybridized carbons (Fsp3) is 0. The van der Waals surface area contributed by atoms with Crippen molar-refractivity contribution in [3.8, 4) is 11.3 Å². The summed E-state index contributed by atoms with van der Waals surface area (Å²) in [4.78, 5) is 14.3. The number of para-hydroxylation sites is 1. The minimum Gasteiger partial charge on any atom is -0.457 e. The maximum atomic E-state index is 14.0. The van der Waals surface area contributed by atoms with Crippen molar-refractivity contribution in [1.82, 2.24) is 0 Å². The molecule has 128 valence electrons. The van der Waals surface area contributed by atoms with E-state index in [0.717, 1.165) is 17.3 Å². The highest BCUT2D eigenvalue weighted by atomic mass is 32.2. The second kappa shape index (κ2) is 6.90. The van der Waals surface area contributed by atoms with Gasteiger partial charge in [0.1, 0.15) is 17.3 Å². The van der Waals surface area contributed by atoms with Gasteiger partial charge in [-0.25, -0.2) is 4.39 Å². The quantitative estimate of drug-likeness (QED) is 0.444. The molecule has 0 saturated carbocycles. The van der Waals surface area contributed by atoms with E-state index in [1.165, 1.54) is 17.0 Å². The largest absolute Gasteiger partial charge is 0.457 e. The Bertz CT molecular complexity index is 1030. The summed E-state index contributed by atoms with van der Waals surface area (Å²) in [5, 5.41) is 0. The molecule has 6 heteroatoms. The maximum Gasteiger partial charge on any atom is 0.270 e. The topological polar surface area (TPSA) is 33.5 Å². The van der Waals surface area contributed by atoms with Gasteiger partial charge in [-0.1, -0.05) is 66.4 Å². The van der Waals surface area contributed by atoms with E-state index in [9.17, 15) is 9.18 Å². The van der Waals surface area contributed by atoms with E-state index in [0.29, 0.717) is 20.7 Å². The summed E-state index contributed by atoms with van der Waals surface area (Å²) in [5.74, 6) is 0.400. The number of hydrogen-bond donors (Lipinski definition) is 0. The van der Waals surface area contributed by atoms with Gasteiger partial charge in [0.15, 0.2) is 4.32 Å². The van der Waals surface area contributed by atoms with Crippen LogP contribution in [-0.4, -0.2) is 10.2 Å². The third-order valence-corrected chi connectivity index (χ3v) is 5.15. The van der Waals surface area contributed by atoms with Gasteiger partial charge < -0.3 is 4.42 Å². The molecule has 4 rings (SSSR count). The molecule has 3 nitrogen and oxygen atoms in total. The molecular weight excluding hydrogens is 369 g/mol. The summed E-state index contributed by atoms with van der Waals surface area (Å²) < 4.78 is 20.1. The van der Waals surface area contributed by atoms with Crippen molar-refractivity contribution in [2.45, 2.75) is 0 Å². The number of carbonyl (C=O) groups excluding carboxylic acids is 1. The molecule has 1 aliphatic heterocycles. The Kier molecular flexibility index (Phi) is 4.44. The molecule has 1 amide bonds. The van der Waals surface area contributed by atoms with Crippen molar-refractivity contribution in [3.63, 3.8) is 0 Å². The van der Waals surface area contributed by atoms with Crippen molar-refractivity contribution >= 4 is 46.0 Å². The molecule has 0 aliphatic carbocycles. The SMILES string of the molecule is O=C1/C(=C\c2ccc(-c3ccccc3)o2)SC(=S)N1c1ccccc1F. The molecular formula is C20H12FNO2S2. The van der Waals surface area contributed by atoms with E-state index in [-0.39, 0.29) is 11.6 Å². The van der Waals surface area contributed by atoms with Gasteiger partial charge in [0.05, 0.1) is 10.6 Å². The fourth-order valence-corrected chi connectivity index (χ4v) is 3.89. The van der Waals surface area contributed by atoms with Crippen LogP contribution < -0.4 is 4.90 Å². The molecule has 26 heavy (non-hydrogen) atoms. The van der Waals surface area contributed by atoms with Gasteiger partial charge in [-0.2, -0.15) is 0 Å². The van der Waals surface area contributed by atoms with Crippen LogP contribution in [0.4, 0.5) is 10.1 Å². The molecule has 0 unspecified atom stereocenters. The van der Waals surface area contributed by atoms with Crippen LogP contribution in [0.25, 0.3) is 17.4 Å². The lowest BCUT2D eigenvalue weighted by molar-refractivity contribution is -0.113. The number of halogens is 1. The third-order valence-electron chi connectivity index (χ3n) is 3.85. The first kappa shape index (κ1) is 16.8. The standard InChI is InChI=1S/C20H12FNO2S2/c21-15-8-4-5-9-16(15)22-19(23)18(26-20(22)25)12-14-10-11-17(24-14)13-6-2-1-3-7-13/h1-12H/b18-12+. The number of carbonyl (C=O) groups is 1. The number of thioether (sulfide) groups is 1. The predicted octanol–water partition coefficient (Wildman–Crippen LogP) is 5.49. The zero-order valence-corrected chi connectivity index (χ0v) is 15.0. The van der Waals surface area contributed by atoms with Crippen LogP contribution in [0.1, 0.15) is 5.76 Å². The van der Waals surface area contributed by atoms with Crippen molar-refractivity contribution in [1.29, 1.82) is 0 Å². The number of hydrogen-bond acceptors (Lipinski definition) is 4. The number of amides is 1.